The zero-order valence-corrected chi connectivity index (χ0v) is 27.4. The molecule has 0 aliphatic heterocycles. The molecule has 10 rings (SSSR count). The van der Waals surface area contributed by atoms with Gasteiger partial charge in [-0.05, 0) is 40.6 Å². The molecule has 0 fully saturated rings. The summed E-state index contributed by atoms with van der Waals surface area (Å²) in [6, 6.07) is 53.9. The molecule has 7 aromatic carbocycles. The average molecular weight is 659 g/mol. The van der Waals surface area contributed by atoms with Crippen LogP contribution in [0, 0.1) is 0 Å². The Bertz CT molecular complexity index is 2810. The van der Waals surface area contributed by atoms with Crippen LogP contribution in [0.15, 0.2) is 162 Å². The molecule has 0 aliphatic rings. The van der Waals surface area contributed by atoms with Crippen molar-refractivity contribution in [2.24, 2.45) is 0 Å². The Hall–Kier alpha value is -6.50. The van der Waals surface area contributed by atoms with Crippen molar-refractivity contribution in [1.29, 1.82) is 0 Å². The van der Waals surface area contributed by atoms with Crippen molar-refractivity contribution in [3.63, 3.8) is 0 Å². The molecule has 0 unspecified atom stereocenters. The minimum Gasteiger partial charge on any atom is -0.436 e. The standard InChI is InChI=1S/C44H26N4OS/c1-4-14-27(15-5-1)41-46-42(28-16-6-2-7-17-28)48-43(47-41)33-25-24-32(30-20-10-11-21-31(30)33)39-38-34-22-12-13-23-36(34)50-37(38)26-35-40(39)45-44(49-35)29-18-8-3-9-19-29/h1-26H. The Kier molecular flexibility index (Phi) is 6.60. The predicted octanol–water partition coefficient (Wildman–Crippen LogP) is 11.9. The summed E-state index contributed by atoms with van der Waals surface area (Å²) >= 11 is 1.78. The van der Waals surface area contributed by atoms with E-state index in [2.05, 4.69) is 66.7 Å². The van der Waals surface area contributed by atoms with Crippen LogP contribution in [0.4, 0.5) is 0 Å². The Labute approximate surface area is 291 Å². The third-order valence-corrected chi connectivity index (χ3v) is 10.3. The average Bonchev–Trinajstić information content (AvgIpc) is 3.79. The molecule has 0 spiro atoms. The molecule has 0 saturated carbocycles. The lowest BCUT2D eigenvalue weighted by Gasteiger charge is -2.14. The van der Waals surface area contributed by atoms with Gasteiger partial charge in [-0.3, -0.25) is 0 Å². The van der Waals surface area contributed by atoms with Crippen molar-refractivity contribution in [3.8, 4) is 56.7 Å². The highest BCUT2D eigenvalue weighted by atomic mass is 32.1. The van der Waals surface area contributed by atoms with E-state index in [0.29, 0.717) is 23.4 Å². The maximum Gasteiger partial charge on any atom is 0.227 e. The molecule has 234 valence electrons. The zero-order valence-electron chi connectivity index (χ0n) is 26.6. The van der Waals surface area contributed by atoms with Crippen molar-refractivity contribution in [2.45, 2.75) is 0 Å². The fourth-order valence-corrected chi connectivity index (χ4v) is 8.02. The Morgan fingerprint density at radius 3 is 1.60 bits per heavy atom. The maximum atomic E-state index is 6.50. The summed E-state index contributed by atoms with van der Waals surface area (Å²) in [5, 5.41) is 4.52. The van der Waals surface area contributed by atoms with Gasteiger partial charge in [0.25, 0.3) is 0 Å². The van der Waals surface area contributed by atoms with Gasteiger partial charge in [0.2, 0.25) is 5.89 Å². The number of hydrogen-bond donors (Lipinski definition) is 0. The molecule has 0 bridgehead atoms. The molecule has 10 aromatic rings. The normalized spacial score (nSPS) is 11.6. The molecule has 0 amide bonds. The molecule has 50 heavy (non-hydrogen) atoms. The van der Waals surface area contributed by atoms with E-state index >= 15 is 0 Å². The number of oxazole rings is 1. The molecule has 0 radical (unpaired) electrons. The third-order valence-electron chi connectivity index (χ3n) is 9.18. The summed E-state index contributed by atoms with van der Waals surface area (Å²) in [4.78, 5) is 20.2. The topological polar surface area (TPSA) is 64.7 Å². The number of fused-ring (bicyclic) bond motifs is 5. The van der Waals surface area contributed by atoms with Crippen LogP contribution in [0.3, 0.4) is 0 Å². The molecule has 5 nitrogen and oxygen atoms in total. The summed E-state index contributed by atoms with van der Waals surface area (Å²) in [6.07, 6.45) is 0. The minimum atomic E-state index is 0.608. The predicted molar refractivity (Wildman–Crippen MR) is 205 cm³/mol. The van der Waals surface area contributed by atoms with E-state index in [4.69, 9.17) is 24.4 Å². The first-order valence-electron chi connectivity index (χ1n) is 16.5. The molecular formula is C44H26N4OS. The zero-order chi connectivity index (χ0) is 33.0. The summed E-state index contributed by atoms with van der Waals surface area (Å²) in [5.41, 5.74) is 7.51. The van der Waals surface area contributed by atoms with Gasteiger partial charge in [-0.1, -0.05) is 127 Å². The molecular weight excluding hydrogens is 633 g/mol. The fraction of sp³-hybridized carbons (Fsp3) is 0. The van der Waals surface area contributed by atoms with Gasteiger partial charge >= 0.3 is 0 Å². The van der Waals surface area contributed by atoms with Crippen LogP contribution in [0.2, 0.25) is 0 Å². The summed E-state index contributed by atoms with van der Waals surface area (Å²) in [5.74, 6) is 2.50. The molecule has 3 heterocycles. The van der Waals surface area contributed by atoms with Crippen molar-refractivity contribution < 1.29 is 4.42 Å². The van der Waals surface area contributed by atoms with Gasteiger partial charge in [-0.15, -0.1) is 11.3 Å². The highest BCUT2D eigenvalue weighted by Gasteiger charge is 2.23. The quantitative estimate of drug-likeness (QED) is 0.184. The first-order valence-corrected chi connectivity index (χ1v) is 17.3. The van der Waals surface area contributed by atoms with Crippen molar-refractivity contribution >= 4 is 53.4 Å². The van der Waals surface area contributed by atoms with E-state index in [1.54, 1.807) is 11.3 Å². The number of nitrogens with zero attached hydrogens (tertiary/aromatic N) is 4. The van der Waals surface area contributed by atoms with Crippen LogP contribution >= 0.6 is 11.3 Å². The highest BCUT2D eigenvalue weighted by Crippen LogP contribution is 2.47. The van der Waals surface area contributed by atoms with Crippen LogP contribution in [0.1, 0.15) is 0 Å². The van der Waals surface area contributed by atoms with Gasteiger partial charge in [-0.25, -0.2) is 19.9 Å². The molecule has 0 N–H and O–H groups in total. The minimum absolute atomic E-state index is 0.608. The van der Waals surface area contributed by atoms with Crippen molar-refractivity contribution in [2.75, 3.05) is 0 Å². The second-order valence-corrected chi connectivity index (χ2v) is 13.3. The summed E-state index contributed by atoms with van der Waals surface area (Å²) in [6.45, 7) is 0. The van der Waals surface area contributed by atoms with E-state index in [1.165, 1.54) is 15.5 Å². The lowest BCUT2D eigenvalue weighted by atomic mass is 9.91. The molecule has 0 aliphatic carbocycles. The number of hydrogen-bond acceptors (Lipinski definition) is 6. The van der Waals surface area contributed by atoms with E-state index in [0.717, 1.165) is 60.0 Å². The SMILES string of the molecule is c1ccc(-c2nc(-c3ccccc3)nc(-c3ccc(-c4c5nc(-c6ccccc6)oc5cc5sc6ccccc6c45)c4ccccc34)n2)cc1. The summed E-state index contributed by atoms with van der Waals surface area (Å²) < 4.78 is 8.90. The third kappa shape index (κ3) is 4.69. The lowest BCUT2D eigenvalue weighted by molar-refractivity contribution is 0.620. The number of thiophene rings is 1. The Morgan fingerprint density at radius 1 is 0.420 bits per heavy atom. The van der Waals surface area contributed by atoms with Crippen LogP contribution in [-0.2, 0) is 0 Å². The van der Waals surface area contributed by atoms with Gasteiger partial charge in [0.1, 0.15) is 5.52 Å². The van der Waals surface area contributed by atoms with Crippen LogP contribution < -0.4 is 0 Å². The van der Waals surface area contributed by atoms with Gasteiger partial charge in [0.15, 0.2) is 23.1 Å². The van der Waals surface area contributed by atoms with E-state index in [1.807, 2.05) is 91.0 Å². The van der Waals surface area contributed by atoms with E-state index < -0.39 is 0 Å². The van der Waals surface area contributed by atoms with Crippen LogP contribution in [0.25, 0.3) is 98.8 Å². The summed E-state index contributed by atoms with van der Waals surface area (Å²) in [7, 11) is 0. The van der Waals surface area contributed by atoms with E-state index in [-0.39, 0.29) is 0 Å². The van der Waals surface area contributed by atoms with Crippen LogP contribution in [-0.4, -0.2) is 19.9 Å². The van der Waals surface area contributed by atoms with Gasteiger partial charge in [-0.2, -0.15) is 0 Å². The molecule has 3 aromatic heterocycles. The number of benzene rings is 7. The fourth-order valence-electron chi connectivity index (χ4n) is 6.88. The Morgan fingerprint density at radius 2 is 0.940 bits per heavy atom. The largest absolute Gasteiger partial charge is 0.436 e. The lowest BCUT2D eigenvalue weighted by Crippen LogP contribution is -2.00. The maximum absolute atomic E-state index is 6.50. The molecule has 6 heteroatoms. The molecule has 0 saturated heterocycles. The highest BCUT2D eigenvalue weighted by molar-refractivity contribution is 7.26. The van der Waals surface area contributed by atoms with Crippen LogP contribution in [0.5, 0.6) is 0 Å². The van der Waals surface area contributed by atoms with E-state index in [9.17, 15) is 0 Å². The molecule has 0 atom stereocenters. The van der Waals surface area contributed by atoms with Gasteiger partial charge < -0.3 is 4.42 Å². The monoisotopic (exact) mass is 658 g/mol. The van der Waals surface area contributed by atoms with Crippen molar-refractivity contribution in [1.82, 2.24) is 19.9 Å². The second-order valence-electron chi connectivity index (χ2n) is 12.2. The van der Waals surface area contributed by atoms with Gasteiger partial charge in [0, 0.05) is 54.1 Å². The Balaban J connectivity index is 1.25. The number of rotatable bonds is 5. The smallest absolute Gasteiger partial charge is 0.227 e. The van der Waals surface area contributed by atoms with Crippen molar-refractivity contribution in [3.05, 3.63) is 158 Å². The number of aromatic nitrogens is 4. The first-order chi connectivity index (χ1) is 24.8. The van der Waals surface area contributed by atoms with Gasteiger partial charge in [0.05, 0.1) is 0 Å². The second kappa shape index (κ2) is 11.6. The first kappa shape index (κ1) is 28.5.